The van der Waals surface area contributed by atoms with Crippen LogP contribution in [-0.2, 0) is 4.79 Å². The van der Waals surface area contributed by atoms with Crippen molar-refractivity contribution < 1.29 is 18.7 Å². The molecule has 1 aromatic carbocycles. The average molecular weight is 564 g/mol. The highest BCUT2D eigenvalue weighted by Gasteiger charge is 2.26. The number of allylic oxidation sites excluding steroid dienone is 1. The van der Waals surface area contributed by atoms with Gasteiger partial charge < -0.3 is 9.47 Å². The number of halogens is 2. The zero-order valence-corrected chi connectivity index (χ0v) is 22.9. The summed E-state index contributed by atoms with van der Waals surface area (Å²) in [5.41, 5.74) is 2.62. The van der Waals surface area contributed by atoms with Gasteiger partial charge >= 0.3 is 5.97 Å². The monoisotopic (exact) mass is 562 g/mol. The number of ether oxygens (including phenoxy) is 2. The van der Waals surface area contributed by atoms with Crippen molar-refractivity contribution in [3.05, 3.63) is 52.1 Å². The SMILES string of the molecule is CC(C)(C)C(=O)Oc1ccc2c(c1)SCCC(Br)=C2c1ccc(OC2CCN(CCCF)C2)nc1. The molecule has 8 heteroatoms. The first kappa shape index (κ1) is 26.2. The zero-order chi connectivity index (χ0) is 25.0. The normalized spacial score (nSPS) is 18.8. The number of fused-ring (bicyclic) bond motifs is 1. The molecule has 0 saturated carbocycles. The quantitative estimate of drug-likeness (QED) is 0.283. The minimum absolute atomic E-state index is 0.0862. The smallest absolute Gasteiger partial charge is 0.316 e. The van der Waals surface area contributed by atoms with Gasteiger partial charge in [0, 0.05) is 58.2 Å². The molecule has 2 aromatic rings. The Hall–Kier alpha value is -1.90. The third kappa shape index (κ3) is 6.66. The molecular formula is C27H32BrFN2O3S. The first-order valence-corrected chi connectivity index (χ1v) is 13.8. The molecule has 1 fully saturated rings. The molecule has 5 nitrogen and oxygen atoms in total. The largest absolute Gasteiger partial charge is 0.473 e. The number of carbonyl (C=O) groups is 1. The number of esters is 1. The Labute approximate surface area is 219 Å². The van der Waals surface area contributed by atoms with E-state index in [9.17, 15) is 9.18 Å². The van der Waals surface area contributed by atoms with Crippen LogP contribution >= 0.6 is 27.7 Å². The molecule has 1 aromatic heterocycles. The van der Waals surface area contributed by atoms with Gasteiger partial charge in [0.15, 0.2) is 0 Å². The van der Waals surface area contributed by atoms with Crippen molar-refractivity contribution in [2.45, 2.75) is 51.0 Å². The summed E-state index contributed by atoms with van der Waals surface area (Å²) in [5, 5.41) is 0. The Kier molecular flexibility index (Phi) is 8.55. The number of pyridine rings is 1. The van der Waals surface area contributed by atoms with E-state index in [0.717, 1.165) is 64.3 Å². The summed E-state index contributed by atoms with van der Waals surface area (Å²) in [6, 6.07) is 9.79. The molecule has 35 heavy (non-hydrogen) atoms. The van der Waals surface area contributed by atoms with Crippen LogP contribution < -0.4 is 9.47 Å². The van der Waals surface area contributed by atoms with Crippen molar-refractivity contribution in [1.29, 1.82) is 0 Å². The molecule has 1 atom stereocenters. The highest BCUT2D eigenvalue weighted by atomic mass is 79.9. The number of nitrogens with zero attached hydrogens (tertiary/aromatic N) is 2. The summed E-state index contributed by atoms with van der Waals surface area (Å²) in [5.74, 6) is 1.84. The minimum Gasteiger partial charge on any atom is -0.473 e. The summed E-state index contributed by atoms with van der Waals surface area (Å²) in [7, 11) is 0. The highest BCUT2D eigenvalue weighted by molar-refractivity contribution is 9.11. The van der Waals surface area contributed by atoms with Crippen molar-refractivity contribution >= 4 is 39.2 Å². The summed E-state index contributed by atoms with van der Waals surface area (Å²) in [4.78, 5) is 20.3. The van der Waals surface area contributed by atoms with Crippen LogP contribution in [0.25, 0.3) is 5.57 Å². The lowest BCUT2D eigenvalue weighted by Crippen LogP contribution is -2.26. The second-order valence-corrected chi connectivity index (χ2v) is 12.0. The lowest BCUT2D eigenvalue weighted by Gasteiger charge is -2.18. The lowest BCUT2D eigenvalue weighted by atomic mass is 9.97. The molecule has 188 valence electrons. The van der Waals surface area contributed by atoms with E-state index >= 15 is 0 Å². The molecule has 1 unspecified atom stereocenters. The van der Waals surface area contributed by atoms with E-state index in [1.807, 2.05) is 57.3 Å². The van der Waals surface area contributed by atoms with Gasteiger partial charge in [0.05, 0.1) is 12.1 Å². The second-order valence-electron chi connectivity index (χ2n) is 9.93. The molecular weight excluding hydrogens is 531 g/mol. The number of alkyl halides is 1. The number of hydrogen-bond acceptors (Lipinski definition) is 6. The maximum atomic E-state index is 12.4. The van der Waals surface area contributed by atoms with Crippen molar-refractivity contribution in [3.63, 3.8) is 0 Å². The molecule has 0 spiro atoms. The number of carbonyl (C=O) groups excluding carboxylic acids is 1. The highest BCUT2D eigenvalue weighted by Crippen LogP contribution is 2.42. The average Bonchev–Trinajstić information content (AvgIpc) is 3.19. The van der Waals surface area contributed by atoms with Gasteiger partial charge in [0.1, 0.15) is 11.9 Å². The molecule has 0 bridgehead atoms. The molecule has 2 aliphatic rings. The zero-order valence-electron chi connectivity index (χ0n) is 20.5. The van der Waals surface area contributed by atoms with Crippen molar-refractivity contribution in [3.8, 4) is 11.6 Å². The van der Waals surface area contributed by atoms with Gasteiger partial charge in [0.2, 0.25) is 5.88 Å². The van der Waals surface area contributed by atoms with E-state index in [2.05, 4.69) is 25.8 Å². The fourth-order valence-electron chi connectivity index (χ4n) is 4.13. The van der Waals surface area contributed by atoms with Crippen molar-refractivity contribution in [1.82, 2.24) is 9.88 Å². The van der Waals surface area contributed by atoms with E-state index in [1.54, 1.807) is 11.8 Å². The maximum Gasteiger partial charge on any atom is 0.316 e. The molecule has 0 radical (unpaired) electrons. The fourth-order valence-corrected chi connectivity index (χ4v) is 6.09. The molecule has 2 aliphatic heterocycles. The number of likely N-dealkylation sites (tertiary alicyclic amines) is 1. The molecule has 0 aliphatic carbocycles. The fraction of sp³-hybridized carbons (Fsp3) is 0.481. The number of hydrogen-bond donors (Lipinski definition) is 0. The predicted molar refractivity (Wildman–Crippen MR) is 142 cm³/mol. The van der Waals surface area contributed by atoms with E-state index in [4.69, 9.17) is 9.47 Å². The summed E-state index contributed by atoms with van der Waals surface area (Å²) in [6.07, 6.45) is 4.34. The Morgan fingerprint density at radius 2 is 2.11 bits per heavy atom. The summed E-state index contributed by atoms with van der Waals surface area (Å²) in [6.45, 7) is 7.79. The minimum atomic E-state index is -0.561. The van der Waals surface area contributed by atoms with Crippen LogP contribution in [0.1, 0.15) is 51.2 Å². The molecule has 1 saturated heterocycles. The van der Waals surface area contributed by atoms with Gasteiger partial charge in [-0.15, -0.1) is 11.8 Å². The summed E-state index contributed by atoms with van der Waals surface area (Å²) >= 11 is 5.56. The third-order valence-electron chi connectivity index (χ3n) is 6.05. The topological polar surface area (TPSA) is 51.7 Å². The Bertz CT molecular complexity index is 1080. The summed E-state index contributed by atoms with van der Waals surface area (Å²) < 4.78 is 25.3. The van der Waals surface area contributed by atoms with Crippen molar-refractivity contribution in [2.75, 3.05) is 32.1 Å². The standard InChI is InChI=1S/C27H32BrFN2O3S/c1-27(2,3)26(32)34-19-6-7-21-23(15-19)35-14-10-22(28)25(21)18-5-8-24(30-16-18)33-20-9-13-31(17-20)12-4-11-29/h5-8,15-16,20H,4,9-14,17H2,1-3H3. The molecule has 4 rings (SSSR count). The van der Waals surface area contributed by atoms with Crippen LogP contribution in [0.4, 0.5) is 4.39 Å². The van der Waals surface area contributed by atoms with Gasteiger partial charge in [-0.1, -0.05) is 15.9 Å². The van der Waals surface area contributed by atoms with Gasteiger partial charge in [-0.2, -0.15) is 0 Å². The van der Waals surface area contributed by atoms with Crippen LogP contribution in [0.2, 0.25) is 0 Å². The van der Waals surface area contributed by atoms with Crippen LogP contribution in [0.3, 0.4) is 0 Å². The van der Waals surface area contributed by atoms with Crippen LogP contribution in [0.15, 0.2) is 45.9 Å². The van der Waals surface area contributed by atoms with Crippen molar-refractivity contribution in [2.24, 2.45) is 5.41 Å². The van der Waals surface area contributed by atoms with Gasteiger partial charge in [-0.3, -0.25) is 14.1 Å². The third-order valence-corrected chi connectivity index (χ3v) is 7.90. The van der Waals surface area contributed by atoms with Gasteiger partial charge in [0.25, 0.3) is 0 Å². The molecule has 0 amide bonds. The number of thioether (sulfide) groups is 1. The van der Waals surface area contributed by atoms with Gasteiger partial charge in [-0.05, 0) is 69.9 Å². The first-order valence-electron chi connectivity index (χ1n) is 12.0. The Morgan fingerprint density at radius 3 is 2.83 bits per heavy atom. The van der Waals surface area contributed by atoms with Crippen LogP contribution in [0, 0.1) is 5.41 Å². The van der Waals surface area contributed by atoms with E-state index < -0.39 is 5.41 Å². The first-order chi connectivity index (χ1) is 16.7. The second kappa shape index (κ2) is 11.4. The number of aromatic nitrogens is 1. The Morgan fingerprint density at radius 1 is 1.29 bits per heavy atom. The van der Waals surface area contributed by atoms with E-state index in [1.165, 1.54) is 0 Å². The van der Waals surface area contributed by atoms with Crippen LogP contribution in [0.5, 0.6) is 11.6 Å². The predicted octanol–water partition coefficient (Wildman–Crippen LogP) is 6.50. The van der Waals surface area contributed by atoms with E-state index in [-0.39, 0.29) is 18.7 Å². The lowest BCUT2D eigenvalue weighted by molar-refractivity contribution is -0.143. The van der Waals surface area contributed by atoms with Crippen LogP contribution in [-0.4, -0.2) is 54.0 Å². The van der Waals surface area contributed by atoms with E-state index in [0.29, 0.717) is 18.1 Å². The number of rotatable bonds is 7. The molecule has 0 N–H and O–H groups in total. The number of benzene rings is 1. The van der Waals surface area contributed by atoms with Gasteiger partial charge in [-0.25, -0.2) is 4.98 Å². The maximum absolute atomic E-state index is 12.4. The molecule has 3 heterocycles. The Balaban J connectivity index is 1.50.